The smallest absolute Gasteiger partial charge is 0.259 e. The third-order valence-corrected chi connectivity index (χ3v) is 3.84. The number of anilines is 1. The average molecular weight is 354 g/mol. The minimum absolute atomic E-state index is 0.303. The highest BCUT2D eigenvalue weighted by atomic mass is 35.5. The molecule has 0 spiro atoms. The number of nitrogens with one attached hydrogen (secondary N) is 1. The van der Waals surface area contributed by atoms with E-state index in [2.05, 4.69) is 5.32 Å². The Hall–Kier alpha value is -1.75. The molecule has 0 saturated heterocycles. The molecule has 0 aliphatic rings. The number of amides is 1. The normalized spacial score (nSPS) is 10.4. The van der Waals surface area contributed by atoms with Crippen molar-refractivity contribution < 1.29 is 14.3 Å². The van der Waals surface area contributed by atoms with Gasteiger partial charge in [-0.2, -0.15) is 0 Å². The van der Waals surface area contributed by atoms with Crippen LogP contribution in [0.15, 0.2) is 42.5 Å². The van der Waals surface area contributed by atoms with E-state index in [1.807, 2.05) is 6.92 Å². The van der Waals surface area contributed by atoms with Gasteiger partial charge in [-0.25, -0.2) is 0 Å². The number of halogens is 2. The first-order valence-electron chi connectivity index (χ1n) is 7.18. The van der Waals surface area contributed by atoms with Crippen LogP contribution in [0.25, 0.3) is 0 Å². The van der Waals surface area contributed by atoms with E-state index in [0.717, 1.165) is 0 Å². The predicted molar refractivity (Wildman–Crippen MR) is 92.8 cm³/mol. The number of carbonyl (C=O) groups excluding carboxylic acids is 1. The van der Waals surface area contributed by atoms with E-state index < -0.39 is 0 Å². The van der Waals surface area contributed by atoms with Gasteiger partial charge in [-0.3, -0.25) is 4.79 Å². The molecule has 1 amide bonds. The summed E-state index contributed by atoms with van der Waals surface area (Å²) in [6.45, 7) is 3.37. The van der Waals surface area contributed by atoms with Crippen LogP contribution in [0.1, 0.15) is 17.3 Å². The van der Waals surface area contributed by atoms with Gasteiger partial charge in [0.25, 0.3) is 5.91 Å². The minimum Gasteiger partial charge on any atom is -0.490 e. The number of ether oxygens (including phenoxy) is 2. The van der Waals surface area contributed by atoms with Crippen LogP contribution < -0.4 is 10.1 Å². The van der Waals surface area contributed by atoms with Crippen molar-refractivity contribution in [3.05, 3.63) is 58.1 Å². The van der Waals surface area contributed by atoms with Crippen LogP contribution in [0.2, 0.25) is 10.0 Å². The van der Waals surface area contributed by atoms with E-state index >= 15 is 0 Å². The SMILES string of the molecule is CCOCCOc1ccccc1C(=O)Nc1cccc(Cl)c1Cl. The summed E-state index contributed by atoms with van der Waals surface area (Å²) in [6.07, 6.45) is 0. The topological polar surface area (TPSA) is 47.6 Å². The first kappa shape index (κ1) is 17.6. The summed E-state index contributed by atoms with van der Waals surface area (Å²) >= 11 is 12.0. The van der Waals surface area contributed by atoms with Crippen LogP contribution in [0, 0.1) is 0 Å². The maximum Gasteiger partial charge on any atom is 0.259 e. The first-order valence-corrected chi connectivity index (χ1v) is 7.94. The third kappa shape index (κ3) is 4.86. The molecule has 4 nitrogen and oxygen atoms in total. The molecule has 2 rings (SSSR count). The van der Waals surface area contributed by atoms with E-state index in [1.54, 1.807) is 42.5 Å². The van der Waals surface area contributed by atoms with Gasteiger partial charge in [-0.1, -0.05) is 41.4 Å². The summed E-state index contributed by atoms with van der Waals surface area (Å²) in [7, 11) is 0. The highest BCUT2D eigenvalue weighted by Crippen LogP contribution is 2.30. The molecule has 0 fully saturated rings. The molecule has 0 aliphatic heterocycles. The van der Waals surface area contributed by atoms with Gasteiger partial charge < -0.3 is 14.8 Å². The van der Waals surface area contributed by atoms with Crippen LogP contribution in [-0.4, -0.2) is 25.7 Å². The standard InChI is InChI=1S/C17H17Cl2NO3/c1-2-22-10-11-23-15-9-4-3-6-12(15)17(21)20-14-8-5-7-13(18)16(14)19/h3-9H,2,10-11H2,1H3,(H,20,21). The highest BCUT2D eigenvalue weighted by Gasteiger charge is 2.14. The lowest BCUT2D eigenvalue weighted by Gasteiger charge is -2.12. The second kappa shape index (κ2) is 8.77. The lowest BCUT2D eigenvalue weighted by Crippen LogP contribution is -2.15. The summed E-state index contributed by atoms with van der Waals surface area (Å²) in [5, 5.41) is 3.43. The van der Waals surface area contributed by atoms with Gasteiger partial charge in [0.05, 0.1) is 27.9 Å². The molecule has 0 saturated carbocycles. The lowest BCUT2D eigenvalue weighted by molar-refractivity contribution is 0.0998. The van der Waals surface area contributed by atoms with Gasteiger partial charge in [0.15, 0.2) is 0 Å². The predicted octanol–water partition coefficient (Wildman–Crippen LogP) is 4.66. The van der Waals surface area contributed by atoms with Gasteiger partial charge in [0, 0.05) is 6.61 Å². The van der Waals surface area contributed by atoms with Gasteiger partial charge in [-0.15, -0.1) is 0 Å². The summed E-state index contributed by atoms with van der Waals surface area (Å²) in [4.78, 5) is 12.5. The fourth-order valence-electron chi connectivity index (χ4n) is 1.92. The number of rotatable bonds is 7. The van der Waals surface area contributed by atoms with Crippen LogP contribution in [0.3, 0.4) is 0 Å². The van der Waals surface area contributed by atoms with Crippen molar-refractivity contribution in [1.29, 1.82) is 0 Å². The Bertz CT molecular complexity index is 677. The molecular weight excluding hydrogens is 337 g/mol. The maximum atomic E-state index is 12.5. The Morgan fingerprint density at radius 1 is 1.09 bits per heavy atom. The van der Waals surface area contributed by atoms with Gasteiger partial charge in [0.2, 0.25) is 0 Å². The van der Waals surface area contributed by atoms with E-state index in [0.29, 0.717) is 46.9 Å². The Labute approximate surface area is 145 Å². The van der Waals surface area contributed by atoms with Crippen LogP contribution >= 0.6 is 23.2 Å². The zero-order valence-electron chi connectivity index (χ0n) is 12.6. The van der Waals surface area contributed by atoms with Gasteiger partial charge in [0.1, 0.15) is 12.4 Å². The Kier molecular flexibility index (Phi) is 6.71. The molecule has 23 heavy (non-hydrogen) atoms. The maximum absolute atomic E-state index is 12.5. The van der Waals surface area contributed by atoms with Crippen LogP contribution in [0.4, 0.5) is 5.69 Å². The monoisotopic (exact) mass is 353 g/mol. The molecule has 0 aromatic heterocycles. The zero-order valence-corrected chi connectivity index (χ0v) is 14.2. The molecule has 2 aromatic carbocycles. The first-order chi connectivity index (χ1) is 11.1. The Morgan fingerprint density at radius 3 is 2.65 bits per heavy atom. The molecule has 2 aromatic rings. The third-order valence-electron chi connectivity index (χ3n) is 3.02. The van der Waals surface area contributed by atoms with Crippen molar-refractivity contribution in [3.63, 3.8) is 0 Å². The molecule has 0 radical (unpaired) electrons. The summed E-state index contributed by atoms with van der Waals surface area (Å²) < 4.78 is 10.8. The minimum atomic E-state index is -0.318. The second-order valence-electron chi connectivity index (χ2n) is 4.60. The van der Waals surface area contributed by atoms with Crippen molar-refractivity contribution in [2.75, 3.05) is 25.1 Å². The lowest BCUT2D eigenvalue weighted by atomic mass is 10.2. The van der Waals surface area contributed by atoms with E-state index in [9.17, 15) is 4.79 Å². The molecule has 6 heteroatoms. The number of hydrogen-bond acceptors (Lipinski definition) is 3. The Morgan fingerprint density at radius 2 is 1.87 bits per heavy atom. The van der Waals surface area contributed by atoms with Crippen molar-refractivity contribution >= 4 is 34.8 Å². The number of hydrogen-bond donors (Lipinski definition) is 1. The van der Waals surface area contributed by atoms with Gasteiger partial charge >= 0.3 is 0 Å². The molecule has 0 bridgehead atoms. The number of carbonyl (C=O) groups is 1. The van der Waals surface area contributed by atoms with Crippen LogP contribution in [-0.2, 0) is 4.74 Å². The molecule has 0 unspecified atom stereocenters. The van der Waals surface area contributed by atoms with E-state index in [4.69, 9.17) is 32.7 Å². The fourth-order valence-corrected chi connectivity index (χ4v) is 2.27. The number of para-hydroxylation sites is 1. The van der Waals surface area contributed by atoms with Crippen molar-refractivity contribution in [1.82, 2.24) is 0 Å². The van der Waals surface area contributed by atoms with E-state index in [1.165, 1.54) is 0 Å². The number of benzene rings is 2. The highest BCUT2D eigenvalue weighted by molar-refractivity contribution is 6.44. The molecule has 122 valence electrons. The van der Waals surface area contributed by atoms with Crippen molar-refractivity contribution in [3.8, 4) is 5.75 Å². The largest absolute Gasteiger partial charge is 0.490 e. The summed E-state index contributed by atoms with van der Waals surface area (Å²) in [6, 6.07) is 12.1. The second-order valence-corrected chi connectivity index (χ2v) is 5.38. The van der Waals surface area contributed by atoms with Crippen LogP contribution in [0.5, 0.6) is 5.75 Å². The van der Waals surface area contributed by atoms with Gasteiger partial charge in [-0.05, 0) is 31.2 Å². The molecule has 0 heterocycles. The van der Waals surface area contributed by atoms with Crippen molar-refractivity contribution in [2.24, 2.45) is 0 Å². The quantitative estimate of drug-likeness (QED) is 0.736. The summed E-state index contributed by atoms with van der Waals surface area (Å²) in [5.41, 5.74) is 0.869. The summed E-state index contributed by atoms with van der Waals surface area (Å²) in [5.74, 6) is 0.170. The molecule has 0 atom stereocenters. The zero-order chi connectivity index (χ0) is 16.7. The molecule has 0 aliphatic carbocycles. The molecule has 1 N–H and O–H groups in total. The Balaban J connectivity index is 2.11. The average Bonchev–Trinajstić information content (AvgIpc) is 2.56. The molecular formula is C17H17Cl2NO3. The van der Waals surface area contributed by atoms with E-state index in [-0.39, 0.29) is 5.91 Å². The fraction of sp³-hybridized carbons (Fsp3) is 0.235. The van der Waals surface area contributed by atoms with Crippen molar-refractivity contribution in [2.45, 2.75) is 6.92 Å².